The van der Waals surface area contributed by atoms with Gasteiger partial charge in [0.25, 0.3) is 5.91 Å². The molecule has 1 aromatic rings. The molecule has 0 heterocycles. The number of rotatable bonds is 5. The molecule has 1 aromatic carbocycles. The molecule has 3 N–H and O–H groups in total. The number of nitrogens with one attached hydrogen (secondary N) is 3. The van der Waals surface area contributed by atoms with Gasteiger partial charge in [0.1, 0.15) is 0 Å². The van der Waals surface area contributed by atoms with E-state index in [9.17, 15) is 9.59 Å². The largest absolute Gasteiger partial charge is 0.352 e. The van der Waals surface area contributed by atoms with Crippen molar-refractivity contribution < 1.29 is 9.59 Å². The lowest BCUT2D eigenvalue weighted by Crippen LogP contribution is -2.38. The first-order valence-electron chi connectivity index (χ1n) is 8.39. The van der Waals surface area contributed by atoms with Crippen molar-refractivity contribution in [3.05, 3.63) is 35.4 Å². The molecule has 1 saturated carbocycles. The molecule has 0 saturated heterocycles. The summed E-state index contributed by atoms with van der Waals surface area (Å²) in [7, 11) is 1.63. The van der Waals surface area contributed by atoms with Crippen LogP contribution in [-0.2, 0) is 0 Å². The fourth-order valence-electron chi connectivity index (χ4n) is 3.01. The highest BCUT2D eigenvalue weighted by Crippen LogP contribution is 2.27. The first-order chi connectivity index (χ1) is 11.1. The number of carbonyl (C=O) groups is 2. The van der Waals surface area contributed by atoms with Crippen molar-refractivity contribution >= 4 is 11.9 Å². The quantitative estimate of drug-likeness (QED) is 0.781. The van der Waals surface area contributed by atoms with Crippen molar-refractivity contribution in [2.24, 2.45) is 11.8 Å². The maximum absolute atomic E-state index is 12.1. The number of amides is 3. The molecule has 2 rings (SSSR count). The first-order valence-corrected chi connectivity index (χ1v) is 8.39. The lowest BCUT2D eigenvalue weighted by atomic mass is 9.82. The third-order valence-electron chi connectivity index (χ3n) is 4.61. The zero-order valence-corrected chi connectivity index (χ0v) is 14.0. The fourth-order valence-corrected chi connectivity index (χ4v) is 3.01. The van der Waals surface area contributed by atoms with Gasteiger partial charge < -0.3 is 16.0 Å². The Balaban J connectivity index is 1.67. The molecule has 0 spiro atoms. The van der Waals surface area contributed by atoms with Gasteiger partial charge in [0, 0.05) is 25.7 Å². The predicted octanol–water partition coefficient (Wildman–Crippen LogP) is 2.46. The molecule has 1 fully saturated rings. The zero-order valence-electron chi connectivity index (χ0n) is 14.0. The fraction of sp³-hybridized carbons (Fsp3) is 0.556. The molecular formula is C18H27N3O2. The normalized spacial score (nSPS) is 20.6. The standard InChI is InChI=1S/C18H27N3O2/c1-13-3-9-16(10-4-13)17(22)20-11-14-5-7-15(8-6-14)12-21-18(23)19-2/h3-4,9-10,14-15H,5-8,11-12H2,1-2H3,(H,20,22)(H2,19,21,23). The molecule has 23 heavy (non-hydrogen) atoms. The first kappa shape index (κ1) is 17.3. The van der Waals surface area contributed by atoms with Gasteiger partial charge in [-0.1, -0.05) is 17.7 Å². The summed E-state index contributed by atoms with van der Waals surface area (Å²) in [5.74, 6) is 1.10. The van der Waals surface area contributed by atoms with E-state index in [1.54, 1.807) is 7.05 Å². The number of aryl methyl sites for hydroxylation is 1. The van der Waals surface area contributed by atoms with Crippen LogP contribution >= 0.6 is 0 Å². The summed E-state index contributed by atoms with van der Waals surface area (Å²) >= 11 is 0. The third-order valence-corrected chi connectivity index (χ3v) is 4.61. The summed E-state index contributed by atoms with van der Waals surface area (Å²) < 4.78 is 0. The Morgan fingerprint density at radius 3 is 2.00 bits per heavy atom. The summed E-state index contributed by atoms with van der Waals surface area (Å²) in [5, 5.41) is 8.48. The van der Waals surface area contributed by atoms with Crippen molar-refractivity contribution in [2.45, 2.75) is 32.6 Å². The van der Waals surface area contributed by atoms with E-state index in [1.807, 2.05) is 31.2 Å². The Bertz CT molecular complexity index is 520. The molecule has 0 bridgehead atoms. The van der Waals surface area contributed by atoms with Gasteiger partial charge in [-0.05, 0) is 56.6 Å². The SMILES string of the molecule is CNC(=O)NCC1CCC(CNC(=O)c2ccc(C)cc2)CC1. The van der Waals surface area contributed by atoms with Gasteiger partial charge in [-0.15, -0.1) is 0 Å². The summed E-state index contributed by atoms with van der Waals surface area (Å²) in [6, 6.07) is 7.54. The topological polar surface area (TPSA) is 70.2 Å². The second kappa shape index (κ2) is 8.56. The van der Waals surface area contributed by atoms with Gasteiger partial charge in [-0.25, -0.2) is 4.79 Å². The van der Waals surface area contributed by atoms with Gasteiger partial charge in [0.05, 0.1) is 0 Å². The minimum atomic E-state index is -0.113. The van der Waals surface area contributed by atoms with Crippen LogP contribution in [0.4, 0.5) is 4.79 Å². The van der Waals surface area contributed by atoms with Crippen LogP contribution in [0.2, 0.25) is 0 Å². The van der Waals surface area contributed by atoms with E-state index < -0.39 is 0 Å². The Labute approximate surface area is 138 Å². The summed E-state index contributed by atoms with van der Waals surface area (Å²) in [5.41, 5.74) is 1.88. The van der Waals surface area contributed by atoms with E-state index in [-0.39, 0.29) is 11.9 Å². The molecule has 1 aliphatic rings. The van der Waals surface area contributed by atoms with Gasteiger partial charge >= 0.3 is 6.03 Å². The number of benzene rings is 1. The summed E-state index contributed by atoms with van der Waals surface area (Å²) in [6.45, 7) is 3.49. The van der Waals surface area contributed by atoms with Gasteiger partial charge in [0.15, 0.2) is 0 Å². The smallest absolute Gasteiger partial charge is 0.314 e. The van der Waals surface area contributed by atoms with E-state index in [4.69, 9.17) is 0 Å². The van der Waals surface area contributed by atoms with Crippen LogP contribution < -0.4 is 16.0 Å². The number of carbonyl (C=O) groups excluding carboxylic acids is 2. The van der Waals surface area contributed by atoms with Gasteiger partial charge in [-0.3, -0.25) is 4.79 Å². The van der Waals surface area contributed by atoms with Crippen LogP contribution in [0, 0.1) is 18.8 Å². The highest BCUT2D eigenvalue weighted by Gasteiger charge is 2.22. The Morgan fingerprint density at radius 1 is 0.957 bits per heavy atom. The van der Waals surface area contributed by atoms with Crippen LogP contribution in [0.5, 0.6) is 0 Å². The number of hydrogen-bond acceptors (Lipinski definition) is 2. The zero-order chi connectivity index (χ0) is 16.7. The molecule has 0 radical (unpaired) electrons. The summed E-state index contributed by atoms with van der Waals surface area (Å²) in [6.07, 6.45) is 4.42. The molecule has 3 amide bonds. The molecule has 0 unspecified atom stereocenters. The highest BCUT2D eigenvalue weighted by atomic mass is 16.2. The second-order valence-electron chi connectivity index (χ2n) is 6.42. The van der Waals surface area contributed by atoms with Crippen LogP contribution in [-0.4, -0.2) is 32.1 Å². The van der Waals surface area contributed by atoms with Crippen molar-refractivity contribution in [1.29, 1.82) is 0 Å². The minimum Gasteiger partial charge on any atom is -0.352 e. The number of hydrogen-bond donors (Lipinski definition) is 3. The average Bonchev–Trinajstić information content (AvgIpc) is 2.59. The van der Waals surface area contributed by atoms with Crippen molar-refractivity contribution in [3.63, 3.8) is 0 Å². The second-order valence-corrected chi connectivity index (χ2v) is 6.42. The van der Waals surface area contributed by atoms with Crippen LogP contribution in [0.25, 0.3) is 0 Å². The van der Waals surface area contributed by atoms with Gasteiger partial charge in [-0.2, -0.15) is 0 Å². The number of urea groups is 1. The third kappa shape index (κ3) is 5.58. The molecule has 5 nitrogen and oxygen atoms in total. The molecule has 0 aliphatic heterocycles. The van der Waals surface area contributed by atoms with Crippen LogP contribution in [0.1, 0.15) is 41.6 Å². The minimum absolute atomic E-state index is 0.00778. The van der Waals surface area contributed by atoms with Crippen LogP contribution in [0.15, 0.2) is 24.3 Å². The van der Waals surface area contributed by atoms with E-state index >= 15 is 0 Å². The van der Waals surface area contributed by atoms with Crippen molar-refractivity contribution in [2.75, 3.05) is 20.1 Å². The molecule has 0 atom stereocenters. The molecule has 1 aliphatic carbocycles. The highest BCUT2D eigenvalue weighted by molar-refractivity contribution is 5.94. The Kier molecular flexibility index (Phi) is 6.44. The van der Waals surface area contributed by atoms with Crippen molar-refractivity contribution in [1.82, 2.24) is 16.0 Å². The molecule has 0 aromatic heterocycles. The Hall–Kier alpha value is -2.04. The Morgan fingerprint density at radius 2 is 1.48 bits per heavy atom. The van der Waals surface area contributed by atoms with E-state index in [0.29, 0.717) is 11.8 Å². The van der Waals surface area contributed by atoms with E-state index in [0.717, 1.165) is 49.9 Å². The van der Waals surface area contributed by atoms with E-state index in [1.165, 1.54) is 0 Å². The maximum Gasteiger partial charge on any atom is 0.314 e. The average molecular weight is 317 g/mol. The predicted molar refractivity (Wildman–Crippen MR) is 91.4 cm³/mol. The molecule has 126 valence electrons. The summed E-state index contributed by atoms with van der Waals surface area (Å²) in [4.78, 5) is 23.3. The van der Waals surface area contributed by atoms with Crippen molar-refractivity contribution in [3.8, 4) is 0 Å². The van der Waals surface area contributed by atoms with Gasteiger partial charge in [0.2, 0.25) is 0 Å². The molecule has 5 heteroatoms. The lowest BCUT2D eigenvalue weighted by Gasteiger charge is -2.28. The van der Waals surface area contributed by atoms with E-state index in [2.05, 4.69) is 16.0 Å². The van der Waals surface area contributed by atoms with Crippen LogP contribution in [0.3, 0.4) is 0 Å². The maximum atomic E-state index is 12.1. The monoisotopic (exact) mass is 317 g/mol. The molecular weight excluding hydrogens is 290 g/mol. The lowest BCUT2D eigenvalue weighted by molar-refractivity contribution is 0.0941.